The molecule has 0 saturated heterocycles. The van der Waals surface area contributed by atoms with E-state index in [1.54, 1.807) is 0 Å². The van der Waals surface area contributed by atoms with Crippen LogP contribution in [0, 0.1) is 16.0 Å². The lowest BCUT2D eigenvalue weighted by Gasteiger charge is -2.20. The Labute approximate surface area is 157 Å². The highest BCUT2D eigenvalue weighted by atomic mass is 32.2. The van der Waals surface area contributed by atoms with Crippen LogP contribution < -0.4 is 10.6 Å². The van der Waals surface area contributed by atoms with Crippen LogP contribution in [0.3, 0.4) is 0 Å². The summed E-state index contributed by atoms with van der Waals surface area (Å²) in [4.78, 5) is 34.3. The van der Waals surface area contributed by atoms with Gasteiger partial charge in [0.1, 0.15) is 4.90 Å². The van der Waals surface area contributed by atoms with Crippen molar-refractivity contribution in [2.45, 2.75) is 42.9 Å². The number of hydrogen-bond donors (Lipinski definition) is 2. The number of nitrogens with one attached hydrogen (secondary N) is 2. The average Bonchev–Trinajstić information content (AvgIpc) is 3.11. The first kappa shape index (κ1) is 20.8. The molecule has 0 aliphatic heterocycles. The summed E-state index contributed by atoms with van der Waals surface area (Å²) in [7, 11) is -2.42. The fourth-order valence-corrected chi connectivity index (χ4v) is 4.27. The zero-order valence-electron chi connectivity index (χ0n) is 15.2. The summed E-state index contributed by atoms with van der Waals surface area (Å²) in [5.41, 5.74) is -0.249. The van der Waals surface area contributed by atoms with E-state index < -0.39 is 43.2 Å². The van der Waals surface area contributed by atoms with E-state index in [1.165, 1.54) is 13.1 Å². The van der Waals surface area contributed by atoms with E-state index in [0.29, 0.717) is 12.0 Å². The summed E-state index contributed by atoms with van der Waals surface area (Å²) < 4.78 is 23.6. The van der Waals surface area contributed by atoms with Gasteiger partial charge in [0.25, 0.3) is 5.69 Å². The molecule has 1 fully saturated rings. The fourth-order valence-electron chi connectivity index (χ4n) is 3.44. The molecular formula is C17H23N3O6S. The highest BCUT2D eigenvalue weighted by Crippen LogP contribution is 2.36. The largest absolute Gasteiger partial charge is 0.341 e. The molecule has 0 heterocycles. The van der Waals surface area contributed by atoms with E-state index in [2.05, 4.69) is 10.6 Å². The third-order valence-electron chi connectivity index (χ3n) is 4.81. The molecule has 1 aliphatic carbocycles. The van der Waals surface area contributed by atoms with Gasteiger partial charge in [-0.3, -0.25) is 20.2 Å². The van der Waals surface area contributed by atoms with Crippen LogP contribution in [0.5, 0.6) is 0 Å². The van der Waals surface area contributed by atoms with Crippen molar-refractivity contribution in [3.05, 3.63) is 33.9 Å². The van der Waals surface area contributed by atoms with Crippen molar-refractivity contribution in [1.29, 1.82) is 0 Å². The number of sulfone groups is 1. The topological polar surface area (TPSA) is 135 Å². The zero-order valence-corrected chi connectivity index (χ0v) is 16.0. The minimum atomic E-state index is -3.79. The second kappa shape index (κ2) is 8.47. The summed E-state index contributed by atoms with van der Waals surface area (Å²) in [5, 5.41) is 15.9. The summed E-state index contributed by atoms with van der Waals surface area (Å²) in [5.74, 6) is -1.07. The number of nitro benzene ring substituents is 1. The Morgan fingerprint density at radius 1 is 1.30 bits per heavy atom. The number of urea groups is 1. The molecule has 1 unspecified atom stereocenters. The van der Waals surface area contributed by atoms with Gasteiger partial charge in [-0.15, -0.1) is 0 Å². The molecule has 0 radical (unpaired) electrons. The Hall–Kier alpha value is -2.49. The molecule has 0 bridgehead atoms. The van der Waals surface area contributed by atoms with Gasteiger partial charge in [-0.25, -0.2) is 13.2 Å². The number of carbonyl (C=O) groups excluding carboxylic acids is 2. The van der Waals surface area contributed by atoms with Crippen molar-refractivity contribution in [2.24, 2.45) is 5.92 Å². The van der Waals surface area contributed by atoms with Gasteiger partial charge in [0.05, 0.1) is 10.8 Å². The minimum absolute atomic E-state index is 0.277. The van der Waals surface area contributed by atoms with Gasteiger partial charge < -0.3 is 5.32 Å². The lowest BCUT2D eigenvalue weighted by atomic mass is 9.87. The van der Waals surface area contributed by atoms with Gasteiger partial charge in [-0.05, 0) is 24.0 Å². The average molecular weight is 397 g/mol. The zero-order chi connectivity index (χ0) is 20.2. The number of carbonyl (C=O) groups is 2. The molecule has 148 valence electrons. The highest BCUT2D eigenvalue weighted by Gasteiger charge is 2.30. The second-order valence-corrected chi connectivity index (χ2v) is 8.75. The van der Waals surface area contributed by atoms with Crippen LogP contribution in [-0.2, 0) is 14.6 Å². The summed E-state index contributed by atoms with van der Waals surface area (Å²) in [6, 6.07) is 3.02. The molecule has 2 rings (SSSR count). The number of amides is 3. The summed E-state index contributed by atoms with van der Waals surface area (Å²) >= 11 is 0. The number of benzene rings is 1. The number of hydrogen-bond acceptors (Lipinski definition) is 6. The predicted molar refractivity (Wildman–Crippen MR) is 98.1 cm³/mol. The smallest absolute Gasteiger partial charge is 0.321 e. The molecule has 27 heavy (non-hydrogen) atoms. The SMILES string of the molecule is CNC(=O)NC(=O)C(CC1CCCC1)c1ccc(S(C)(=O)=O)c([N+](=O)[O-])c1. The monoisotopic (exact) mass is 397 g/mol. The normalized spacial score (nSPS) is 15.9. The van der Waals surface area contributed by atoms with Crippen LogP contribution in [0.15, 0.2) is 23.1 Å². The van der Waals surface area contributed by atoms with Crippen molar-refractivity contribution in [3.8, 4) is 0 Å². The van der Waals surface area contributed by atoms with Crippen molar-refractivity contribution in [1.82, 2.24) is 10.6 Å². The van der Waals surface area contributed by atoms with E-state index in [9.17, 15) is 28.1 Å². The Bertz CT molecular complexity index is 846. The first-order valence-electron chi connectivity index (χ1n) is 8.64. The predicted octanol–water partition coefficient (Wildman–Crippen LogP) is 2.12. The first-order valence-corrected chi connectivity index (χ1v) is 10.5. The molecule has 1 aliphatic rings. The van der Waals surface area contributed by atoms with Crippen LogP contribution in [0.1, 0.15) is 43.6 Å². The summed E-state index contributed by atoms with van der Waals surface area (Å²) in [6.07, 6.45) is 5.35. The van der Waals surface area contributed by atoms with E-state index >= 15 is 0 Å². The van der Waals surface area contributed by atoms with Crippen LogP contribution in [0.2, 0.25) is 0 Å². The molecule has 1 saturated carbocycles. The van der Waals surface area contributed by atoms with Crippen LogP contribution in [0.25, 0.3) is 0 Å². The minimum Gasteiger partial charge on any atom is -0.341 e. The van der Waals surface area contributed by atoms with Gasteiger partial charge >= 0.3 is 6.03 Å². The molecule has 2 N–H and O–H groups in total. The molecule has 1 atom stereocenters. The van der Waals surface area contributed by atoms with E-state index in [-0.39, 0.29) is 5.92 Å². The quantitative estimate of drug-likeness (QED) is 0.557. The standard InChI is InChI=1S/C17H23N3O6S/c1-18-17(22)19-16(21)13(9-11-5-3-4-6-11)12-7-8-15(27(2,25)26)14(10-12)20(23)24/h7-8,10-11,13H,3-6,9H2,1-2H3,(H2,18,19,21,22). The molecule has 0 spiro atoms. The van der Waals surface area contributed by atoms with Crippen LogP contribution in [-0.4, -0.2) is 38.6 Å². The van der Waals surface area contributed by atoms with Gasteiger partial charge in [0, 0.05) is 19.4 Å². The number of nitro groups is 1. The molecule has 3 amide bonds. The Balaban J connectivity index is 2.44. The second-order valence-electron chi connectivity index (χ2n) is 6.76. The van der Waals surface area contributed by atoms with Crippen LogP contribution >= 0.6 is 0 Å². The fraction of sp³-hybridized carbons (Fsp3) is 0.529. The molecule has 9 nitrogen and oxygen atoms in total. The Morgan fingerprint density at radius 2 is 1.93 bits per heavy atom. The van der Waals surface area contributed by atoms with E-state index in [0.717, 1.165) is 44.1 Å². The maximum atomic E-state index is 12.6. The molecule has 1 aromatic rings. The third kappa shape index (κ3) is 5.25. The maximum Gasteiger partial charge on any atom is 0.321 e. The molecular weight excluding hydrogens is 374 g/mol. The molecule has 0 aromatic heterocycles. The van der Waals surface area contributed by atoms with Crippen molar-refractivity contribution < 1.29 is 22.9 Å². The Kier molecular flexibility index (Phi) is 6.53. The molecule has 1 aromatic carbocycles. The van der Waals surface area contributed by atoms with Gasteiger partial charge in [0.15, 0.2) is 9.84 Å². The van der Waals surface area contributed by atoms with Crippen molar-refractivity contribution in [2.75, 3.05) is 13.3 Å². The Morgan fingerprint density at radius 3 is 2.44 bits per heavy atom. The van der Waals surface area contributed by atoms with Gasteiger partial charge in [-0.2, -0.15) is 0 Å². The first-order chi connectivity index (χ1) is 12.6. The van der Waals surface area contributed by atoms with Gasteiger partial charge in [0.2, 0.25) is 5.91 Å². The van der Waals surface area contributed by atoms with Gasteiger partial charge in [-0.1, -0.05) is 31.7 Å². The van der Waals surface area contributed by atoms with E-state index in [1.807, 2.05) is 0 Å². The van der Waals surface area contributed by atoms with Crippen molar-refractivity contribution >= 4 is 27.5 Å². The number of imide groups is 1. The third-order valence-corrected chi connectivity index (χ3v) is 5.95. The maximum absolute atomic E-state index is 12.6. The lowest BCUT2D eigenvalue weighted by molar-refractivity contribution is -0.387. The van der Waals surface area contributed by atoms with E-state index in [4.69, 9.17) is 0 Å². The lowest BCUT2D eigenvalue weighted by Crippen LogP contribution is -2.40. The number of nitrogens with zero attached hydrogens (tertiary/aromatic N) is 1. The number of rotatable bonds is 6. The molecule has 10 heteroatoms. The van der Waals surface area contributed by atoms with Crippen molar-refractivity contribution in [3.63, 3.8) is 0 Å². The van der Waals surface area contributed by atoms with Crippen LogP contribution in [0.4, 0.5) is 10.5 Å². The highest BCUT2D eigenvalue weighted by molar-refractivity contribution is 7.90. The summed E-state index contributed by atoms with van der Waals surface area (Å²) in [6.45, 7) is 0.